The zero-order valence-electron chi connectivity index (χ0n) is 13.8. The lowest BCUT2D eigenvalue weighted by molar-refractivity contribution is -0.126. The van der Waals surface area contributed by atoms with Gasteiger partial charge in [0.05, 0.1) is 11.8 Å². The van der Waals surface area contributed by atoms with Crippen molar-refractivity contribution in [3.05, 3.63) is 65.5 Å². The summed E-state index contributed by atoms with van der Waals surface area (Å²) in [5.41, 5.74) is 1.97. The average molecular weight is 359 g/mol. The first-order valence-corrected chi connectivity index (χ1v) is 8.87. The molecule has 0 bridgehead atoms. The number of benzene rings is 2. The molecule has 2 amide bonds. The van der Waals surface area contributed by atoms with Crippen molar-refractivity contribution in [2.75, 3.05) is 13.2 Å². The maximum atomic E-state index is 13.0. The van der Waals surface area contributed by atoms with Crippen molar-refractivity contribution >= 4 is 22.9 Å². The lowest BCUT2D eigenvalue weighted by Gasteiger charge is -2.14. The molecule has 0 spiro atoms. The summed E-state index contributed by atoms with van der Waals surface area (Å²) < 4.78 is 18.5. The van der Waals surface area contributed by atoms with Gasteiger partial charge in [-0.25, -0.2) is 4.39 Å². The van der Waals surface area contributed by atoms with Crippen molar-refractivity contribution in [1.29, 1.82) is 0 Å². The predicted octanol–water partition coefficient (Wildman–Crippen LogP) is 3.82. The second-order valence-corrected chi connectivity index (χ2v) is 7.01. The number of amides is 2. The fraction of sp³-hybridized carbons (Fsp3) is 0.263. The molecule has 1 fully saturated rings. The van der Waals surface area contributed by atoms with E-state index in [1.807, 2.05) is 31.2 Å². The number of carbonyl (C=O) groups is 2. The van der Waals surface area contributed by atoms with Crippen LogP contribution in [-0.2, 0) is 11.2 Å². The molecule has 3 rings (SSSR count). The van der Waals surface area contributed by atoms with Crippen LogP contribution in [-0.4, -0.2) is 34.4 Å². The van der Waals surface area contributed by atoms with Gasteiger partial charge < -0.3 is 4.74 Å². The monoisotopic (exact) mass is 359 g/mol. The van der Waals surface area contributed by atoms with Crippen molar-refractivity contribution < 1.29 is 18.7 Å². The van der Waals surface area contributed by atoms with Crippen LogP contribution < -0.4 is 4.74 Å². The van der Waals surface area contributed by atoms with Crippen LogP contribution in [0.2, 0.25) is 0 Å². The van der Waals surface area contributed by atoms with Gasteiger partial charge in [-0.05, 0) is 43.2 Å². The molecule has 130 valence electrons. The van der Waals surface area contributed by atoms with E-state index in [0.717, 1.165) is 22.9 Å². The average Bonchev–Trinajstić information content (AvgIpc) is 2.86. The number of aryl methyl sites for hydroxylation is 1. The van der Waals surface area contributed by atoms with Crippen molar-refractivity contribution in [3.8, 4) is 5.75 Å². The van der Waals surface area contributed by atoms with Gasteiger partial charge in [-0.15, -0.1) is 0 Å². The molecule has 1 aliphatic heterocycles. The molecule has 2 aromatic carbocycles. The molecular weight excluding hydrogens is 341 g/mol. The Balaban J connectivity index is 1.53. The summed E-state index contributed by atoms with van der Waals surface area (Å²) >= 11 is 1.02. The molecule has 0 aromatic heterocycles. The molecular formula is C19H18FNO3S. The Morgan fingerprint density at radius 1 is 1.08 bits per heavy atom. The minimum atomic E-state index is -0.461. The van der Waals surface area contributed by atoms with Crippen LogP contribution >= 0.6 is 11.8 Å². The number of hydrogen-bond acceptors (Lipinski definition) is 4. The topological polar surface area (TPSA) is 46.6 Å². The highest BCUT2D eigenvalue weighted by atomic mass is 32.2. The largest absolute Gasteiger partial charge is 0.492 e. The highest BCUT2D eigenvalue weighted by Crippen LogP contribution is 2.29. The summed E-state index contributed by atoms with van der Waals surface area (Å²) in [4.78, 5) is 25.7. The van der Waals surface area contributed by atoms with Crippen LogP contribution in [0.5, 0.6) is 5.75 Å². The minimum absolute atomic E-state index is 0.216. The van der Waals surface area contributed by atoms with E-state index in [4.69, 9.17) is 4.74 Å². The van der Waals surface area contributed by atoms with Gasteiger partial charge in [0.25, 0.3) is 5.24 Å². The Morgan fingerprint density at radius 2 is 1.76 bits per heavy atom. The van der Waals surface area contributed by atoms with Crippen LogP contribution in [0.25, 0.3) is 0 Å². The quantitative estimate of drug-likeness (QED) is 0.787. The highest BCUT2D eigenvalue weighted by molar-refractivity contribution is 8.15. The molecule has 0 unspecified atom stereocenters. The van der Waals surface area contributed by atoms with Gasteiger partial charge in [0.2, 0.25) is 5.91 Å². The Morgan fingerprint density at radius 3 is 2.44 bits per heavy atom. The SMILES string of the molecule is Cc1ccc(OCCN2C(=O)S[C@H](Cc3ccc(F)cc3)C2=O)cc1. The molecule has 1 saturated heterocycles. The van der Waals surface area contributed by atoms with E-state index >= 15 is 0 Å². The number of imide groups is 1. The Hall–Kier alpha value is -2.34. The summed E-state index contributed by atoms with van der Waals surface area (Å²) in [6, 6.07) is 13.6. The summed E-state index contributed by atoms with van der Waals surface area (Å²) in [6.45, 7) is 2.46. The van der Waals surface area contributed by atoms with E-state index in [1.165, 1.54) is 17.0 Å². The normalized spacial score (nSPS) is 17.2. The fourth-order valence-electron chi connectivity index (χ4n) is 2.55. The molecule has 6 heteroatoms. The third kappa shape index (κ3) is 4.39. The number of carbonyl (C=O) groups excluding carboxylic acids is 2. The molecule has 1 aliphatic rings. The Labute approximate surface area is 150 Å². The molecule has 0 aliphatic carbocycles. The molecule has 1 heterocycles. The zero-order valence-corrected chi connectivity index (χ0v) is 14.6. The van der Waals surface area contributed by atoms with Crippen LogP contribution in [0.1, 0.15) is 11.1 Å². The molecule has 25 heavy (non-hydrogen) atoms. The zero-order chi connectivity index (χ0) is 17.8. The first kappa shape index (κ1) is 17.5. The van der Waals surface area contributed by atoms with Gasteiger partial charge >= 0.3 is 0 Å². The van der Waals surface area contributed by atoms with Crippen LogP contribution in [0, 0.1) is 12.7 Å². The second kappa shape index (κ2) is 7.70. The third-order valence-electron chi connectivity index (χ3n) is 3.94. The molecule has 0 radical (unpaired) electrons. The predicted molar refractivity (Wildman–Crippen MR) is 95.3 cm³/mol. The first-order chi connectivity index (χ1) is 12.0. The Bertz CT molecular complexity index is 761. The number of nitrogens with zero attached hydrogens (tertiary/aromatic N) is 1. The van der Waals surface area contributed by atoms with Crippen molar-refractivity contribution in [3.63, 3.8) is 0 Å². The minimum Gasteiger partial charge on any atom is -0.492 e. The molecule has 0 saturated carbocycles. The summed E-state index contributed by atoms with van der Waals surface area (Å²) in [5.74, 6) is 0.173. The van der Waals surface area contributed by atoms with E-state index in [9.17, 15) is 14.0 Å². The summed E-state index contributed by atoms with van der Waals surface area (Å²) in [5, 5.41) is -0.720. The van der Waals surface area contributed by atoms with Gasteiger partial charge in [-0.1, -0.05) is 41.6 Å². The van der Waals surface area contributed by atoms with Crippen molar-refractivity contribution in [2.24, 2.45) is 0 Å². The first-order valence-electron chi connectivity index (χ1n) is 7.99. The number of rotatable bonds is 6. The maximum absolute atomic E-state index is 13.0. The maximum Gasteiger partial charge on any atom is 0.289 e. The van der Waals surface area contributed by atoms with Crippen molar-refractivity contribution in [1.82, 2.24) is 4.90 Å². The smallest absolute Gasteiger partial charge is 0.289 e. The fourth-order valence-corrected chi connectivity index (χ4v) is 3.61. The third-order valence-corrected chi connectivity index (χ3v) is 5.02. The van der Waals surface area contributed by atoms with Gasteiger partial charge in [-0.3, -0.25) is 14.5 Å². The summed E-state index contributed by atoms with van der Waals surface area (Å²) in [7, 11) is 0. The second-order valence-electron chi connectivity index (χ2n) is 5.85. The van der Waals surface area contributed by atoms with E-state index < -0.39 is 5.25 Å². The van der Waals surface area contributed by atoms with Crippen LogP contribution in [0.3, 0.4) is 0 Å². The van der Waals surface area contributed by atoms with Crippen LogP contribution in [0.4, 0.5) is 9.18 Å². The number of thioether (sulfide) groups is 1. The molecule has 1 atom stereocenters. The number of hydrogen-bond donors (Lipinski definition) is 0. The van der Waals surface area contributed by atoms with Gasteiger partial charge in [0.15, 0.2) is 0 Å². The van der Waals surface area contributed by atoms with Gasteiger partial charge in [-0.2, -0.15) is 0 Å². The van der Waals surface area contributed by atoms with Crippen LogP contribution in [0.15, 0.2) is 48.5 Å². The van der Waals surface area contributed by atoms with E-state index in [2.05, 4.69) is 0 Å². The molecule has 4 nitrogen and oxygen atoms in total. The lowest BCUT2D eigenvalue weighted by atomic mass is 10.1. The summed E-state index contributed by atoms with van der Waals surface area (Å²) in [6.07, 6.45) is 0.408. The molecule has 2 aromatic rings. The lowest BCUT2D eigenvalue weighted by Crippen LogP contribution is -2.35. The standard InChI is InChI=1S/C19H18FNO3S/c1-13-2-8-16(9-3-13)24-11-10-21-18(22)17(25-19(21)23)12-14-4-6-15(20)7-5-14/h2-9,17H,10-12H2,1H3/t17-/m1/s1. The highest BCUT2D eigenvalue weighted by Gasteiger charge is 2.39. The van der Waals surface area contributed by atoms with Gasteiger partial charge in [0.1, 0.15) is 18.2 Å². The van der Waals surface area contributed by atoms with E-state index in [1.54, 1.807) is 12.1 Å². The van der Waals surface area contributed by atoms with Gasteiger partial charge in [0, 0.05) is 0 Å². The molecule has 0 N–H and O–H groups in total. The van der Waals surface area contributed by atoms with E-state index in [-0.39, 0.29) is 30.1 Å². The van der Waals surface area contributed by atoms with E-state index in [0.29, 0.717) is 12.2 Å². The number of ether oxygens (including phenoxy) is 1. The number of halogens is 1. The van der Waals surface area contributed by atoms with Crippen molar-refractivity contribution in [2.45, 2.75) is 18.6 Å². The Kier molecular flexibility index (Phi) is 5.38.